The molecule has 0 spiro atoms. The number of carbonyl (C=O) groups is 1. The van der Waals surface area contributed by atoms with Crippen LogP contribution < -0.4 is 16.0 Å². The summed E-state index contributed by atoms with van der Waals surface area (Å²) in [5.41, 5.74) is 0. The summed E-state index contributed by atoms with van der Waals surface area (Å²) in [6, 6.07) is 0.991. The lowest BCUT2D eigenvalue weighted by molar-refractivity contribution is -0.125. The van der Waals surface area contributed by atoms with Crippen molar-refractivity contribution in [1.29, 1.82) is 0 Å². The molecule has 5 heteroatoms. The molecule has 15 heavy (non-hydrogen) atoms. The van der Waals surface area contributed by atoms with Crippen molar-refractivity contribution in [3.63, 3.8) is 0 Å². The fourth-order valence-electron chi connectivity index (χ4n) is 2.08. The number of amides is 1. The zero-order valence-electron chi connectivity index (χ0n) is 9.08. The molecular weight excluding hydrogens is 214 g/mol. The van der Waals surface area contributed by atoms with Crippen molar-refractivity contribution in [2.45, 2.75) is 44.3 Å². The average Bonchev–Trinajstić information content (AvgIpc) is 1.99. The molecule has 3 atom stereocenters. The fraction of sp³-hybridized carbons (Fsp3) is 0.900. The van der Waals surface area contributed by atoms with Gasteiger partial charge in [0.25, 0.3) is 0 Å². The summed E-state index contributed by atoms with van der Waals surface area (Å²) in [6.07, 6.45) is 3.10. The molecule has 0 aromatic rings. The minimum absolute atomic E-state index is 0. The van der Waals surface area contributed by atoms with Crippen LogP contribution in [0.4, 0.5) is 0 Å². The number of nitrogens with one attached hydrogen (secondary N) is 3. The van der Waals surface area contributed by atoms with Gasteiger partial charge in [-0.3, -0.25) is 4.79 Å². The summed E-state index contributed by atoms with van der Waals surface area (Å²) in [4.78, 5) is 11.6. The van der Waals surface area contributed by atoms with Crippen LogP contribution in [-0.2, 0) is 4.79 Å². The van der Waals surface area contributed by atoms with Gasteiger partial charge in [0, 0.05) is 12.1 Å². The van der Waals surface area contributed by atoms with Crippen LogP contribution in [0.1, 0.15) is 26.2 Å². The van der Waals surface area contributed by atoms with Gasteiger partial charge in [-0.15, -0.1) is 12.4 Å². The predicted molar refractivity (Wildman–Crippen MR) is 62.3 cm³/mol. The third-order valence-electron chi connectivity index (χ3n) is 3.11. The van der Waals surface area contributed by atoms with E-state index >= 15 is 0 Å². The zero-order valence-corrected chi connectivity index (χ0v) is 9.90. The molecule has 2 aliphatic rings. The summed E-state index contributed by atoms with van der Waals surface area (Å²) < 4.78 is 0. The van der Waals surface area contributed by atoms with Crippen LogP contribution in [0.5, 0.6) is 0 Å². The SMILES string of the molecule is CC1CC(NC(=O)[C@H]2CCN2)CCN1.Cl. The van der Waals surface area contributed by atoms with E-state index in [1.54, 1.807) is 0 Å². The molecule has 0 aromatic heterocycles. The summed E-state index contributed by atoms with van der Waals surface area (Å²) in [5.74, 6) is 0.190. The Kier molecular flexibility index (Phi) is 4.83. The number of halogens is 1. The minimum Gasteiger partial charge on any atom is -0.352 e. The van der Waals surface area contributed by atoms with Crippen LogP contribution in [0.2, 0.25) is 0 Å². The Hall–Kier alpha value is -0.320. The third kappa shape index (κ3) is 3.33. The van der Waals surface area contributed by atoms with Gasteiger partial charge in [-0.1, -0.05) is 0 Å². The Balaban J connectivity index is 0.00000112. The van der Waals surface area contributed by atoms with Gasteiger partial charge in [0.05, 0.1) is 6.04 Å². The smallest absolute Gasteiger partial charge is 0.237 e. The van der Waals surface area contributed by atoms with Gasteiger partial charge < -0.3 is 16.0 Å². The quantitative estimate of drug-likeness (QED) is 0.631. The zero-order chi connectivity index (χ0) is 9.97. The molecule has 0 saturated carbocycles. The molecule has 0 radical (unpaired) electrons. The van der Waals surface area contributed by atoms with Crippen LogP contribution in [0, 0.1) is 0 Å². The van der Waals surface area contributed by atoms with E-state index in [-0.39, 0.29) is 24.4 Å². The molecular formula is C10H20ClN3O. The van der Waals surface area contributed by atoms with Crippen molar-refractivity contribution < 1.29 is 4.79 Å². The topological polar surface area (TPSA) is 53.2 Å². The van der Waals surface area contributed by atoms with Crippen LogP contribution in [0.3, 0.4) is 0 Å². The van der Waals surface area contributed by atoms with E-state index in [0.717, 1.165) is 32.4 Å². The number of carbonyl (C=O) groups excluding carboxylic acids is 1. The van der Waals surface area contributed by atoms with E-state index in [0.29, 0.717) is 12.1 Å². The second kappa shape index (κ2) is 5.68. The van der Waals surface area contributed by atoms with Crippen molar-refractivity contribution in [2.75, 3.05) is 13.1 Å². The molecule has 1 amide bonds. The number of rotatable bonds is 2. The van der Waals surface area contributed by atoms with E-state index in [1.165, 1.54) is 0 Å². The standard InChI is InChI=1S/C10H19N3O.ClH/c1-7-6-8(2-4-11-7)13-10(14)9-3-5-12-9;/h7-9,11-12H,2-6H2,1H3,(H,13,14);1H/t7?,8?,9-;/m1./s1. The van der Waals surface area contributed by atoms with Gasteiger partial charge in [-0.05, 0) is 39.3 Å². The van der Waals surface area contributed by atoms with Crippen molar-refractivity contribution in [2.24, 2.45) is 0 Å². The lowest BCUT2D eigenvalue weighted by Gasteiger charge is -2.32. The molecule has 3 N–H and O–H groups in total. The highest BCUT2D eigenvalue weighted by molar-refractivity contribution is 5.85. The van der Waals surface area contributed by atoms with Crippen LogP contribution >= 0.6 is 12.4 Å². The van der Waals surface area contributed by atoms with Gasteiger partial charge in [0.2, 0.25) is 5.91 Å². The molecule has 88 valence electrons. The summed E-state index contributed by atoms with van der Waals surface area (Å²) in [7, 11) is 0. The minimum atomic E-state index is 0. The first-order valence-corrected chi connectivity index (χ1v) is 5.53. The molecule has 0 aliphatic carbocycles. The van der Waals surface area contributed by atoms with Crippen molar-refractivity contribution in [1.82, 2.24) is 16.0 Å². The second-order valence-corrected chi connectivity index (χ2v) is 4.38. The molecule has 2 unspecified atom stereocenters. The second-order valence-electron chi connectivity index (χ2n) is 4.38. The third-order valence-corrected chi connectivity index (χ3v) is 3.11. The van der Waals surface area contributed by atoms with Gasteiger partial charge in [-0.2, -0.15) is 0 Å². The fourth-order valence-corrected chi connectivity index (χ4v) is 2.08. The lowest BCUT2D eigenvalue weighted by atomic mass is 9.99. The molecule has 0 aromatic carbocycles. The molecule has 0 bridgehead atoms. The Morgan fingerprint density at radius 1 is 1.27 bits per heavy atom. The largest absolute Gasteiger partial charge is 0.352 e. The van der Waals surface area contributed by atoms with Crippen LogP contribution in [0.25, 0.3) is 0 Å². The summed E-state index contributed by atoms with van der Waals surface area (Å²) in [6.45, 7) is 4.17. The van der Waals surface area contributed by atoms with Crippen molar-refractivity contribution in [3.05, 3.63) is 0 Å². The first-order valence-electron chi connectivity index (χ1n) is 5.53. The molecule has 2 aliphatic heterocycles. The number of piperidine rings is 1. The summed E-state index contributed by atoms with van der Waals surface area (Å²) >= 11 is 0. The van der Waals surface area contributed by atoms with E-state index in [1.807, 2.05) is 0 Å². The highest BCUT2D eigenvalue weighted by Crippen LogP contribution is 2.09. The average molecular weight is 234 g/mol. The predicted octanol–water partition coefficient (Wildman–Crippen LogP) is 0.0268. The van der Waals surface area contributed by atoms with Crippen molar-refractivity contribution in [3.8, 4) is 0 Å². The maximum absolute atomic E-state index is 11.6. The number of hydrogen-bond donors (Lipinski definition) is 3. The normalized spacial score (nSPS) is 34.9. The van der Waals surface area contributed by atoms with E-state index in [9.17, 15) is 4.79 Å². The lowest BCUT2D eigenvalue weighted by Crippen LogP contribution is -2.56. The number of hydrogen-bond acceptors (Lipinski definition) is 3. The van der Waals surface area contributed by atoms with Gasteiger partial charge >= 0.3 is 0 Å². The van der Waals surface area contributed by atoms with Crippen molar-refractivity contribution >= 4 is 18.3 Å². The molecule has 4 nitrogen and oxygen atoms in total. The van der Waals surface area contributed by atoms with Gasteiger partial charge in [0.1, 0.15) is 0 Å². The Morgan fingerprint density at radius 2 is 1.93 bits per heavy atom. The Labute approximate surface area is 97.0 Å². The molecule has 2 rings (SSSR count). The summed E-state index contributed by atoms with van der Waals surface area (Å²) in [5, 5.41) is 9.60. The van der Waals surface area contributed by atoms with Gasteiger partial charge in [-0.25, -0.2) is 0 Å². The highest BCUT2D eigenvalue weighted by atomic mass is 35.5. The Bertz CT molecular complexity index is 221. The molecule has 2 heterocycles. The Morgan fingerprint density at radius 3 is 2.47 bits per heavy atom. The molecule has 2 fully saturated rings. The highest BCUT2D eigenvalue weighted by Gasteiger charge is 2.27. The monoisotopic (exact) mass is 233 g/mol. The maximum atomic E-state index is 11.6. The first kappa shape index (κ1) is 12.7. The van der Waals surface area contributed by atoms with Crippen LogP contribution in [-0.4, -0.2) is 37.1 Å². The van der Waals surface area contributed by atoms with Crippen LogP contribution in [0.15, 0.2) is 0 Å². The van der Waals surface area contributed by atoms with E-state index in [2.05, 4.69) is 22.9 Å². The first-order chi connectivity index (χ1) is 6.75. The maximum Gasteiger partial charge on any atom is 0.237 e. The van der Waals surface area contributed by atoms with E-state index in [4.69, 9.17) is 0 Å². The van der Waals surface area contributed by atoms with E-state index < -0.39 is 0 Å². The molecule has 2 saturated heterocycles. The van der Waals surface area contributed by atoms with Gasteiger partial charge in [0.15, 0.2) is 0 Å².